The van der Waals surface area contributed by atoms with Gasteiger partial charge in [-0.1, -0.05) is 0 Å². The first-order valence-electron chi connectivity index (χ1n) is 6.82. The lowest BCUT2D eigenvalue weighted by Crippen LogP contribution is -2.21. The fourth-order valence-electron chi connectivity index (χ4n) is 1.85. The van der Waals surface area contributed by atoms with Gasteiger partial charge in [0.05, 0.1) is 16.6 Å². The molecular formula is C16H12N4O4. The number of nitro benzene ring substituents is 1. The molecule has 8 heteroatoms. The second-order valence-electron chi connectivity index (χ2n) is 4.77. The predicted molar refractivity (Wildman–Crippen MR) is 86.1 cm³/mol. The van der Waals surface area contributed by atoms with Crippen LogP contribution in [0.25, 0.3) is 0 Å². The molecule has 0 atom stereocenters. The maximum absolute atomic E-state index is 11.8. The van der Waals surface area contributed by atoms with E-state index in [1.165, 1.54) is 24.3 Å². The van der Waals surface area contributed by atoms with Gasteiger partial charge in [0.1, 0.15) is 6.42 Å². The molecule has 0 heterocycles. The molecule has 2 amide bonds. The highest BCUT2D eigenvalue weighted by Gasteiger charge is 2.11. The van der Waals surface area contributed by atoms with Crippen LogP contribution in [0.4, 0.5) is 17.1 Å². The number of amides is 2. The number of non-ortho nitro benzene ring substituents is 1. The molecule has 2 rings (SSSR count). The van der Waals surface area contributed by atoms with Crippen molar-refractivity contribution >= 4 is 28.9 Å². The largest absolute Gasteiger partial charge is 0.326 e. The first-order valence-corrected chi connectivity index (χ1v) is 6.82. The Kier molecular flexibility index (Phi) is 5.20. The van der Waals surface area contributed by atoms with Gasteiger partial charge in [-0.2, -0.15) is 5.26 Å². The molecular weight excluding hydrogens is 312 g/mol. The van der Waals surface area contributed by atoms with Gasteiger partial charge >= 0.3 is 0 Å². The topological polar surface area (TPSA) is 125 Å². The summed E-state index contributed by atoms with van der Waals surface area (Å²) in [7, 11) is 0. The van der Waals surface area contributed by atoms with E-state index in [2.05, 4.69) is 10.6 Å². The summed E-state index contributed by atoms with van der Waals surface area (Å²) >= 11 is 0. The zero-order valence-corrected chi connectivity index (χ0v) is 12.4. The summed E-state index contributed by atoms with van der Waals surface area (Å²) in [4.78, 5) is 33.6. The van der Waals surface area contributed by atoms with Crippen LogP contribution in [0.15, 0.2) is 48.5 Å². The van der Waals surface area contributed by atoms with E-state index < -0.39 is 23.2 Å². The summed E-state index contributed by atoms with van der Waals surface area (Å²) in [5.74, 6) is -1.06. The molecule has 0 bridgehead atoms. The summed E-state index contributed by atoms with van der Waals surface area (Å²) in [5.41, 5.74) is 1.20. The first-order chi connectivity index (χ1) is 11.5. The van der Waals surface area contributed by atoms with Gasteiger partial charge in [0, 0.05) is 23.5 Å². The Morgan fingerprint density at radius 3 is 1.83 bits per heavy atom. The van der Waals surface area contributed by atoms with E-state index in [0.29, 0.717) is 16.9 Å². The molecule has 0 fully saturated rings. The van der Waals surface area contributed by atoms with E-state index in [9.17, 15) is 19.7 Å². The monoisotopic (exact) mass is 324 g/mol. The third-order valence-corrected chi connectivity index (χ3v) is 2.98. The number of rotatable bonds is 5. The van der Waals surface area contributed by atoms with Crippen LogP contribution in [0.2, 0.25) is 0 Å². The van der Waals surface area contributed by atoms with Crippen LogP contribution in [-0.2, 0) is 9.59 Å². The Morgan fingerprint density at radius 2 is 1.42 bits per heavy atom. The minimum Gasteiger partial charge on any atom is -0.326 e. The number of carbonyl (C=O) groups excluding carboxylic acids is 2. The van der Waals surface area contributed by atoms with Crippen molar-refractivity contribution in [1.82, 2.24) is 0 Å². The molecule has 0 aromatic heterocycles. The number of nitrogens with one attached hydrogen (secondary N) is 2. The Balaban J connectivity index is 1.88. The summed E-state index contributed by atoms with van der Waals surface area (Å²) in [6, 6.07) is 13.5. The Bertz CT molecular complexity index is 807. The van der Waals surface area contributed by atoms with E-state index in [4.69, 9.17) is 5.26 Å². The molecule has 2 N–H and O–H groups in total. The lowest BCUT2D eigenvalue weighted by atomic mass is 10.2. The summed E-state index contributed by atoms with van der Waals surface area (Å²) < 4.78 is 0. The Labute approximate surface area is 136 Å². The molecule has 2 aromatic carbocycles. The Hall–Kier alpha value is -3.73. The number of anilines is 2. The summed E-state index contributed by atoms with van der Waals surface area (Å²) in [6.45, 7) is 0. The molecule has 120 valence electrons. The standard InChI is InChI=1S/C16H12N4O4/c17-10-11-1-3-12(4-2-11)18-15(21)9-16(22)19-13-5-7-14(8-6-13)20(23)24/h1-8H,9H2,(H,18,21)(H,19,22). The second kappa shape index (κ2) is 7.51. The van der Waals surface area contributed by atoms with Gasteiger partial charge in [-0.25, -0.2) is 0 Å². The highest BCUT2D eigenvalue weighted by molar-refractivity contribution is 6.08. The number of hydrogen-bond donors (Lipinski definition) is 2. The van der Waals surface area contributed by atoms with Crippen molar-refractivity contribution in [2.75, 3.05) is 10.6 Å². The molecule has 0 saturated heterocycles. The molecule has 0 aliphatic heterocycles. The number of nitro groups is 1. The van der Waals surface area contributed by atoms with Crippen LogP contribution < -0.4 is 10.6 Å². The van der Waals surface area contributed by atoms with Crippen molar-refractivity contribution in [3.63, 3.8) is 0 Å². The fourth-order valence-corrected chi connectivity index (χ4v) is 1.85. The van der Waals surface area contributed by atoms with Crippen molar-refractivity contribution in [2.45, 2.75) is 6.42 Å². The van der Waals surface area contributed by atoms with Crippen LogP contribution in [0.1, 0.15) is 12.0 Å². The number of nitriles is 1. The lowest BCUT2D eigenvalue weighted by molar-refractivity contribution is -0.384. The van der Waals surface area contributed by atoms with Gasteiger partial charge in [-0.15, -0.1) is 0 Å². The predicted octanol–water partition coefficient (Wildman–Crippen LogP) is 2.43. The zero-order valence-electron chi connectivity index (χ0n) is 12.4. The van der Waals surface area contributed by atoms with Gasteiger partial charge in [0.25, 0.3) is 5.69 Å². The normalized spacial score (nSPS) is 9.62. The van der Waals surface area contributed by atoms with Crippen molar-refractivity contribution in [2.24, 2.45) is 0 Å². The minimum absolute atomic E-state index is 0.0912. The number of hydrogen-bond acceptors (Lipinski definition) is 5. The maximum atomic E-state index is 11.8. The molecule has 24 heavy (non-hydrogen) atoms. The Morgan fingerprint density at radius 1 is 0.958 bits per heavy atom. The van der Waals surface area contributed by atoms with Gasteiger partial charge in [0.15, 0.2) is 0 Å². The van der Waals surface area contributed by atoms with Crippen LogP contribution >= 0.6 is 0 Å². The average molecular weight is 324 g/mol. The lowest BCUT2D eigenvalue weighted by Gasteiger charge is -2.06. The van der Waals surface area contributed by atoms with E-state index in [0.717, 1.165) is 0 Å². The van der Waals surface area contributed by atoms with Crippen molar-refractivity contribution in [3.05, 3.63) is 64.2 Å². The summed E-state index contributed by atoms with van der Waals surface area (Å²) in [6.07, 6.45) is -0.406. The van der Waals surface area contributed by atoms with E-state index in [1.54, 1.807) is 24.3 Å². The van der Waals surface area contributed by atoms with Gasteiger partial charge in [-0.05, 0) is 36.4 Å². The highest BCUT2D eigenvalue weighted by atomic mass is 16.6. The average Bonchev–Trinajstić information content (AvgIpc) is 2.55. The fraction of sp³-hybridized carbons (Fsp3) is 0.0625. The molecule has 0 radical (unpaired) electrons. The van der Waals surface area contributed by atoms with Crippen molar-refractivity contribution in [3.8, 4) is 6.07 Å². The maximum Gasteiger partial charge on any atom is 0.269 e. The smallest absolute Gasteiger partial charge is 0.269 e. The van der Waals surface area contributed by atoms with Crippen LogP contribution in [0.3, 0.4) is 0 Å². The van der Waals surface area contributed by atoms with Crippen molar-refractivity contribution < 1.29 is 14.5 Å². The third kappa shape index (κ3) is 4.64. The SMILES string of the molecule is N#Cc1ccc(NC(=O)CC(=O)Nc2ccc([N+](=O)[O-])cc2)cc1. The van der Waals surface area contributed by atoms with Gasteiger partial charge in [-0.3, -0.25) is 19.7 Å². The van der Waals surface area contributed by atoms with Crippen molar-refractivity contribution in [1.29, 1.82) is 5.26 Å². The second-order valence-corrected chi connectivity index (χ2v) is 4.77. The van der Waals surface area contributed by atoms with Crippen LogP contribution in [0.5, 0.6) is 0 Å². The zero-order chi connectivity index (χ0) is 17.5. The number of benzene rings is 2. The number of carbonyl (C=O) groups is 2. The van der Waals surface area contributed by atoms with Crippen LogP contribution in [0, 0.1) is 21.4 Å². The quantitative estimate of drug-likeness (QED) is 0.496. The molecule has 8 nitrogen and oxygen atoms in total. The molecule has 0 saturated carbocycles. The number of nitrogens with zero attached hydrogens (tertiary/aromatic N) is 2. The summed E-state index contributed by atoms with van der Waals surface area (Å²) in [5, 5.41) is 24.2. The first kappa shape index (κ1) is 16.6. The molecule has 0 unspecified atom stereocenters. The van der Waals surface area contributed by atoms with Gasteiger partial charge in [0.2, 0.25) is 11.8 Å². The molecule has 0 spiro atoms. The van der Waals surface area contributed by atoms with Crippen LogP contribution in [-0.4, -0.2) is 16.7 Å². The highest BCUT2D eigenvalue weighted by Crippen LogP contribution is 2.15. The minimum atomic E-state index is -0.546. The molecule has 2 aromatic rings. The van der Waals surface area contributed by atoms with E-state index >= 15 is 0 Å². The third-order valence-electron chi connectivity index (χ3n) is 2.98. The molecule has 0 aliphatic carbocycles. The van der Waals surface area contributed by atoms with E-state index in [1.807, 2.05) is 6.07 Å². The van der Waals surface area contributed by atoms with E-state index in [-0.39, 0.29) is 5.69 Å². The van der Waals surface area contributed by atoms with Gasteiger partial charge < -0.3 is 10.6 Å². The molecule has 0 aliphatic rings.